The number of benzene rings is 1. The standard InChI is InChI=1S/C18H23N3OS/c19-9-6-18(22)20-12-16(14-4-2-1-3-5-14)21-10-7-17-15(13-21)8-11-23-17/h1-5,8,11,16H,6-7,9-10,12-13,19H2,(H,20,22). The van der Waals surface area contributed by atoms with Crippen LogP contribution in [-0.2, 0) is 17.8 Å². The van der Waals surface area contributed by atoms with E-state index in [9.17, 15) is 4.79 Å². The molecule has 0 radical (unpaired) electrons. The summed E-state index contributed by atoms with van der Waals surface area (Å²) in [6, 6.07) is 12.9. The minimum atomic E-state index is 0.0293. The molecular weight excluding hydrogens is 306 g/mol. The van der Waals surface area contributed by atoms with Crippen LogP contribution >= 0.6 is 11.3 Å². The number of hydrogen-bond donors (Lipinski definition) is 2. The minimum absolute atomic E-state index is 0.0293. The fraction of sp³-hybridized carbons (Fsp3) is 0.389. The van der Waals surface area contributed by atoms with Crippen LogP contribution in [0, 0.1) is 0 Å². The smallest absolute Gasteiger partial charge is 0.221 e. The van der Waals surface area contributed by atoms with E-state index in [0.29, 0.717) is 19.5 Å². The van der Waals surface area contributed by atoms with E-state index >= 15 is 0 Å². The molecule has 23 heavy (non-hydrogen) atoms. The van der Waals surface area contributed by atoms with Crippen LogP contribution in [0.3, 0.4) is 0 Å². The second-order valence-corrected chi connectivity index (χ2v) is 6.86. The Hall–Kier alpha value is -1.69. The number of amides is 1. The molecule has 2 heterocycles. The summed E-state index contributed by atoms with van der Waals surface area (Å²) in [7, 11) is 0. The third-order valence-corrected chi connectivity index (χ3v) is 5.35. The third kappa shape index (κ3) is 3.99. The maximum atomic E-state index is 11.8. The molecule has 1 aromatic heterocycles. The molecule has 3 N–H and O–H groups in total. The van der Waals surface area contributed by atoms with Crippen molar-refractivity contribution in [2.75, 3.05) is 19.6 Å². The number of nitrogens with zero attached hydrogens (tertiary/aromatic N) is 1. The lowest BCUT2D eigenvalue weighted by Crippen LogP contribution is -2.40. The van der Waals surface area contributed by atoms with E-state index in [-0.39, 0.29) is 11.9 Å². The Morgan fingerprint density at radius 2 is 2.13 bits per heavy atom. The van der Waals surface area contributed by atoms with E-state index in [4.69, 9.17) is 5.73 Å². The van der Waals surface area contributed by atoms with Crippen molar-refractivity contribution in [3.8, 4) is 0 Å². The fourth-order valence-electron chi connectivity index (χ4n) is 3.10. The molecule has 0 bridgehead atoms. The Morgan fingerprint density at radius 1 is 1.30 bits per heavy atom. The summed E-state index contributed by atoms with van der Waals surface area (Å²) in [5, 5.41) is 5.21. The van der Waals surface area contributed by atoms with Gasteiger partial charge in [0.25, 0.3) is 0 Å². The molecule has 1 aliphatic heterocycles. The van der Waals surface area contributed by atoms with Gasteiger partial charge in [-0.15, -0.1) is 11.3 Å². The topological polar surface area (TPSA) is 58.4 Å². The summed E-state index contributed by atoms with van der Waals surface area (Å²) >= 11 is 1.85. The summed E-state index contributed by atoms with van der Waals surface area (Å²) in [4.78, 5) is 15.8. The highest BCUT2D eigenvalue weighted by molar-refractivity contribution is 7.10. The van der Waals surface area contributed by atoms with E-state index in [1.165, 1.54) is 16.0 Å². The molecule has 1 atom stereocenters. The van der Waals surface area contributed by atoms with Gasteiger partial charge in [-0.1, -0.05) is 30.3 Å². The lowest BCUT2D eigenvalue weighted by Gasteiger charge is -2.35. The molecule has 0 saturated carbocycles. The highest BCUT2D eigenvalue weighted by Crippen LogP contribution is 2.30. The lowest BCUT2D eigenvalue weighted by molar-refractivity contribution is -0.121. The van der Waals surface area contributed by atoms with Gasteiger partial charge < -0.3 is 11.1 Å². The number of fused-ring (bicyclic) bond motifs is 1. The molecule has 0 saturated heterocycles. The van der Waals surface area contributed by atoms with Crippen molar-refractivity contribution in [2.45, 2.75) is 25.4 Å². The van der Waals surface area contributed by atoms with Crippen LogP contribution < -0.4 is 11.1 Å². The number of rotatable bonds is 6. The molecule has 0 aliphatic carbocycles. The maximum Gasteiger partial charge on any atom is 0.221 e. The second kappa shape index (κ2) is 7.73. The van der Waals surface area contributed by atoms with E-state index in [0.717, 1.165) is 19.5 Å². The molecule has 0 spiro atoms. The van der Waals surface area contributed by atoms with Crippen molar-refractivity contribution in [3.63, 3.8) is 0 Å². The Balaban J connectivity index is 1.74. The molecule has 1 aromatic carbocycles. The first kappa shape index (κ1) is 16.2. The first-order chi connectivity index (χ1) is 11.3. The summed E-state index contributed by atoms with van der Waals surface area (Å²) in [6.07, 6.45) is 1.48. The normalized spacial score (nSPS) is 15.9. The van der Waals surface area contributed by atoms with Gasteiger partial charge in [0.2, 0.25) is 5.91 Å². The van der Waals surface area contributed by atoms with Crippen LogP contribution in [0.15, 0.2) is 41.8 Å². The Labute approximate surface area is 141 Å². The van der Waals surface area contributed by atoms with Gasteiger partial charge in [0.15, 0.2) is 0 Å². The molecule has 4 nitrogen and oxygen atoms in total. The van der Waals surface area contributed by atoms with Crippen LogP contribution in [0.1, 0.15) is 28.5 Å². The van der Waals surface area contributed by atoms with Gasteiger partial charge in [0.05, 0.1) is 6.04 Å². The van der Waals surface area contributed by atoms with Crippen LogP contribution in [0.2, 0.25) is 0 Å². The Kier molecular flexibility index (Phi) is 5.43. The van der Waals surface area contributed by atoms with Crippen molar-refractivity contribution in [1.29, 1.82) is 0 Å². The first-order valence-electron chi connectivity index (χ1n) is 8.09. The molecule has 1 unspecified atom stereocenters. The Bertz CT molecular complexity index is 641. The molecule has 5 heteroatoms. The van der Waals surface area contributed by atoms with Crippen molar-refractivity contribution in [1.82, 2.24) is 10.2 Å². The molecule has 1 amide bonds. The van der Waals surface area contributed by atoms with E-state index < -0.39 is 0 Å². The van der Waals surface area contributed by atoms with Crippen LogP contribution in [-0.4, -0.2) is 30.4 Å². The van der Waals surface area contributed by atoms with Crippen molar-refractivity contribution >= 4 is 17.2 Å². The average Bonchev–Trinajstić information content (AvgIpc) is 3.04. The zero-order valence-electron chi connectivity index (χ0n) is 13.2. The van der Waals surface area contributed by atoms with E-state index in [1.54, 1.807) is 0 Å². The third-order valence-electron chi connectivity index (χ3n) is 4.33. The Morgan fingerprint density at radius 3 is 2.91 bits per heavy atom. The quantitative estimate of drug-likeness (QED) is 0.855. The van der Waals surface area contributed by atoms with Crippen LogP contribution in [0.4, 0.5) is 0 Å². The number of hydrogen-bond acceptors (Lipinski definition) is 4. The molecular formula is C18H23N3OS. The number of carbonyl (C=O) groups excluding carboxylic acids is 1. The summed E-state index contributed by atoms with van der Waals surface area (Å²) in [6.45, 7) is 3.00. The minimum Gasteiger partial charge on any atom is -0.354 e. The van der Waals surface area contributed by atoms with Crippen LogP contribution in [0.25, 0.3) is 0 Å². The fourth-order valence-corrected chi connectivity index (χ4v) is 3.99. The highest BCUT2D eigenvalue weighted by atomic mass is 32.1. The maximum absolute atomic E-state index is 11.8. The largest absolute Gasteiger partial charge is 0.354 e. The van der Waals surface area contributed by atoms with Crippen LogP contribution in [0.5, 0.6) is 0 Å². The van der Waals surface area contributed by atoms with Gasteiger partial charge in [-0.2, -0.15) is 0 Å². The number of nitrogens with two attached hydrogens (primary N) is 1. The van der Waals surface area contributed by atoms with Gasteiger partial charge in [-0.3, -0.25) is 9.69 Å². The second-order valence-electron chi connectivity index (χ2n) is 5.86. The number of thiophene rings is 1. The molecule has 1 aliphatic rings. The van der Waals surface area contributed by atoms with Crippen molar-refractivity contribution in [3.05, 3.63) is 57.8 Å². The summed E-state index contributed by atoms with van der Waals surface area (Å²) in [5.41, 5.74) is 8.14. The van der Waals surface area contributed by atoms with Crippen molar-refractivity contribution < 1.29 is 4.79 Å². The monoisotopic (exact) mass is 329 g/mol. The zero-order chi connectivity index (χ0) is 16.1. The lowest BCUT2D eigenvalue weighted by atomic mass is 10.0. The molecule has 3 rings (SSSR count). The van der Waals surface area contributed by atoms with E-state index in [2.05, 4.69) is 45.9 Å². The SMILES string of the molecule is NCCC(=O)NCC(c1ccccc1)N1CCc2sccc2C1. The van der Waals surface area contributed by atoms with Gasteiger partial charge in [-0.25, -0.2) is 0 Å². The molecule has 2 aromatic rings. The molecule has 122 valence electrons. The first-order valence-corrected chi connectivity index (χ1v) is 8.97. The predicted octanol–water partition coefficient (Wildman–Crippen LogP) is 2.31. The summed E-state index contributed by atoms with van der Waals surface area (Å²) < 4.78 is 0. The number of nitrogens with one attached hydrogen (secondary N) is 1. The van der Waals surface area contributed by atoms with E-state index in [1.807, 2.05) is 17.4 Å². The van der Waals surface area contributed by atoms with Gasteiger partial charge in [-0.05, 0) is 29.0 Å². The van der Waals surface area contributed by atoms with Gasteiger partial charge in [0.1, 0.15) is 0 Å². The number of carbonyl (C=O) groups is 1. The highest BCUT2D eigenvalue weighted by Gasteiger charge is 2.25. The van der Waals surface area contributed by atoms with Crippen molar-refractivity contribution in [2.24, 2.45) is 5.73 Å². The zero-order valence-corrected chi connectivity index (χ0v) is 14.0. The average molecular weight is 329 g/mol. The summed E-state index contributed by atoms with van der Waals surface area (Å²) in [5.74, 6) is 0.0293. The molecule has 0 fully saturated rings. The predicted molar refractivity (Wildman–Crippen MR) is 94.3 cm³/mol. The van der Waals surface area contributed by atoms with Gasteiger partial charge in [0, 0.05) is 37.5 Å². The van der Waals surface area contributed by atoms with Gasteiger partial charge >= 0.3 is 0 Å².